The molecule has 0 aliphatic carbocycles. The minimum Gasteiger partial charge on any atom is -0.350 e. The van der Waals surface area contributed by atoms with Crippen LogP contribution in [0.4, 0.5) is 13.2 Å². The molecule has 0 amide bonds. The van der Waals surface area contributed by atoms with Crippen molar-refractivity contribution in [3.8, 4) is 0 Å². The molecular weight excluding hydrogens is 177 g/mol. The topological polar surface area (TPSA) is 35.5 Å². The molecule has 0 aromatic rings. The van der Waals surface area contributed by atoms with E-state index in [2.05, 4.69) is 9.47 Å². The molecule has 1 rings (SSSR count). The second-order valence-electron chi connectivity index (χ2n) is 2.30. The molecule has 3 nitrogen and oxygen atoms in total. The van der Waals surface area contributed by atoms with Gasteiger partial charge >= 0.3 is 6.18 Å². The third-order valence-electron chi connectivity index (χ3n) is 1.36. The van der Waals surface area contributed by atoms with E-state index in [9.17, 15) is 18.0 Å². The minimum atomic E-state index is -4.78. The molecule has 6 heteroatoms. The molecule has 0 radical (unpaired) electrons. The van der Waals surface area contributed by atoms with E-state index in [4.69, 9.17) is 0 Å². The van der Waals surface area contributed by atoms with Crippen molar-refractivity contribution in [2.75, 3.05) is 13.2 Å². The normalized spacial score (nSPS) is 19.9. The van der Waals surface area contributed by atoms with E-state index < -0.39 is 24.7 Å². The fourth-order valence-electron chi connectivity index (χ4n) is 0.792. The van der Waals surface area contributed by atoms with E-state index in [0.29, 0.717) is 0 Å². The SMILES string of the molecule is O=C(CC1OCCO1)C(F)(F)F. The van der Waals surface area contributed by atoms with Gasteiger partial charge in [0.1, 0.15) is 0 Å². The van der Waals surface area contributed by atoms with Gasteiger partial charge in [0, 0.05) is 0 Å². The minimum absolute atomic E-state index is 0.246. The highest BCUT2D eigenvalue weighted by atomic mass is 19.4. The van der Waals surface area contributed by atoms with Crippen LogP contribution in [0.25, 0.3) is 0 Å². The molecule has 0 spiro atoms. The summed E-state index contributed by atoms with van der Waals surface area (Å²) in [5.41, 5.74) is 0. The Hall–Kier alpha value is -0.620. The van der Waals surface area contributed by atoms with Gasteiger partial charge in [-0.05, 0) is 0 Å². The third-order valence-corrected chi connectivity index (χ3v) is 1.36. The van der Waals surface area contributed by atoms with Crippen molar-refractivity contribution in [2.45, 2.75) is 18.9 Å². The zero-order valence-electron chi connectivity index (χ0n) is 6.06. The van der Waals surface area contributed by atoms with Crippen LogP contribution in [0.1, 0.15) is 6.42 Å². The van der Waals surface area contributed by atoms with Crippen LogP contribution in [0, 0.1) is 0 Å². The summed E-state index contributed by atoms with van der Waals surface area (Å²) < 4.78 is 44.3. The van der Waals surface area contributed by atoms with E-state index in [1.165, 1.54) is 0 Å². The average molecular weight is 184 g/mol. The number of hydrogen-bond donors (Lipinski definition) is 0. The fourth-order valence-corrected chi connectivity index (χ4v) is 0.792. The van der Waals surface area contributed by atoms with Crippen LogP contribution in [-0.4, -0.2) is 31.5 Å². The van der Waals surface area contributed by atoms with Gasteiger partial charge < -0.3 is 9.47 Å². The van der Waals surface area contributed by atoms with Crippen molar-refractivity contribution < 1.29 is 27.4 Å². The molecule has 0 bridgehead atoms. The van der Waals surface area contributed by atoms with Gasteiger partial charge in [0.05, 0.1) is 19.6 Å². The molecule has 1 aliphatic rings. The molecule has 0 aromatic heterocycles. The van der Waals surface area contributed by atoms with E-state index >= 15 is 0 Å². The number of halogens is 3. The zero-order chi connectivity index (χ0) is 9.19. The number of rotatable bonds is 2. The van der Waals surface area contributed by atoms with Gasteiger partial charge in [0.2, 0.25) is 5.78 Å². The Morgan fingerprint density at radius 2 is 1.83 bits per heavy atom. The van der Waals surface area contributed by atoms with Crippen LogP contribution in [0.2, 0.25) is 0 Å². The first-order valence-electron chi connectivity index (χ1n) is 3.33. The predicted octanol–water partition coefficient (Wildman–Crippen LogP) is 0.881. The summed E-state index contributed by atoms with van der Waals surface area (Å²) in [5.74, 6) is -1.81. The lowest BCUT2D eigenvalue weighted by atomic mass is 10.3. The first-order chi connectivity index (χ1) is 5.50. The summed E-state index contributed by atoms with van der Waals surface area (Å²) in [7, 11) is 0. The molecule has 1 fully saturated rings. The number of carbonyl (C=O) groups excluding carboxylic acids is 1. The van der Waals surface area contributed by atoms with E-state index in [-0.39, 0.29) is 13.2 Å². The summed E-state index contributed by atoms with van der Waals surface area (Å²) in [6.45, 7) is 0.492. The molecule has 70 valence electrons. The zero-order valence-corrected chi connectivity index (χ0v) is 6.06. The van der Waals surface area contributed by atoms with Gasteiger partial charge in [-0.2, -0.15) is 13.2 Å². The van der Waals surface area contributed by atoms with Crippen molar-refractivity contribution in [2.24, 2.45) is 0 Å². The van der Waals surface area contributed by atoms with Crippen molar-refractivity contribution in [3.63, 3.8) is 0 Å². The quantitative estimate of drug-likeness (QED) is 0.639. The van der Waals surface area contributed by atoms with Crippen molar-refractivity contribution >= 4 is 5.78 Å². The molecule has 1 heterocycles. The fraction of sp³-hybridized carbons (Fsp3) is 0.833. The van der Waals surface area contributed by atoms with Gasteiger partial charge in [0.25, 0.3) is 0 Å². The molecule has 0 N–H and O–H groups in total. The Bertz CT molecular complexity index is 171. The molecule has 0 unspecified atom stereocenters. The Balaban J connectivity index is 2.35. The first kappa shape index (κ1) is 9.47. The Kier molecular flexibility index (Phi) is 2.69. The monoisotopic (exact) mass is 184 g/mol. The van der Waals surface area contributed by atoms with E-state index in [1.54, 1.807) is 0 Å². The largest absolute Gasteiger partial charge is 0.450 e. The second kappa shape index (κ2) is 3.40. The number of hydrogen-bond acceptors (Lipinski definition) is 3. The Morgan fingerprint density at radius 1 is 1.33 bits per heavy atom. The van der Waals surface area contributed by atoms with E-state index in [1.807, 2.05) is 0 Å². The van der Waals surface area contributed by atoms with Crippen LogP contribution in [0.3, 0.4) is 0 Å². The van der Waals surface area contributed by atoms with Gasteiger partial charge in [-0.15, -0.1) is 0 Å². The molecule has 1 aliphatic heterocycles. The lowest BCUT2D eigenvalue weighted by Crippen LogP contribution is -2.27. The maximum atomic E-state index is 11.6. The standard InChI is InChI=1S/C6H7F3O3/c7-6(8,9)4(10)3-5-11-1-2-12-5/h5H,1-3H2. The second-order valence-corrected chi connectivity index (χ2v) is 2.30. The maximum absolute atomic E-state index is 11.6. The number of ether oxygens (including phenoxy) is 2. The number of ketones is 1. The van der Waals surface area contributed by atoms with Crippen LogP contribution in [0.15, 0.2) is 0 Å². The number of carbonyl (C=O) groups is 1. The summed E-state index contributed by atoms with van der Waals surface area (Å²) >= 11 is 0. The molecule has 0 saturated carbocycles. The number of alkyl halides is 3. The molecule has 0 aromatic carbocycles. The lowest BCUT2D eigenvalue weighted by molar-refractivity contribution is -0.177. The van der Waals surface area contributed by atoms with Crippen molar-refractivity contribution in [1.82, 2.24) is 0 Å². The summed E-state index contributed by atoms with van der Waals surface area (Å²) in [6.07, 6.45) is -6.54. The van der Waals surface area contributed by atoms with Gasteiger partial charge in [-0.1, -0.05) is 0 Å². The van der Waals surface area contributed by atoms with Gasteiger partial charge in [0.15, 0.2) is 6.29 Å². The van der Waals surface area contributed by atoms with Crippen LogP contribution < -0.4 is 0 Å². The molecular formula is C6H7F3O3. The van der Waals surface area contributed by atoms with Gasteiger partial charge in [-0.25, -0.2) is 0 Å². The van der Waals surface area contributed by atoms with E-state index in [0.717, 1.165) is 0 Å². The first-order valence-corrected chi connectivity index (χ1v) is 3.33. The highest BCUT2D eigenvalue weighted by Crippen LogP contribution is 2.20. The highest BCUT2D eigenvalue weighted by molar-refractivity contribution is 5.84. The Morgan fingerprint density at radius 3 is 2.25 bits per heavy atom. The summed E-state index contributed by atoms with van der Waals surface area (Å²) in [4.78, 5) is 10.3. The Labute approximate surface area is 66.4 Å². The van der Waals surface area contributed by atoms with Crippen molar-refractivity contribution in [1.29, 1.82) is 0 Å². The molecule has 1 saturated heterocycles. The summed E-state index contributed by atoms with van der Waals surface area (Å²) in [5, 5.41) is 0. The smallest absolute Gasteiger partial charge is 0.350 e. The molecule has 12 heavy (non-hydrogen) atoms. The van der Waals surface area contributed by atoms with Crippen LogP contribution in [-0.2, 0) is 14.3 Å². The third kappa shape index (κ3) is 2.46. The van der Waals surface area contributed by atoms with Crippen molar-refractivity contribution in [3.05, 3.63) is 0 Å². The average Bonchev–Trinajstić information content (AvgIpc) is 2.37. The van der Waals surface area contributed by atoms with Crippen LogP contribution in [0.5, 0.6) is 0 Å². The number of Topliss-reactive ketones (excluding diaryl/α,β-unsaturated/α-hetero) is 1. The van der Waals surface area contributed by atoms with Crippen LogP contribution >= 0.6 is 0 Å². The maximum Gasteiger partial charge on any atom is 0.450 e. The lowest BCUT2D eigenvalue weighted by Gasteiger charge is -2.09. The highest BCUT2D eigenvalue weighted by Gasteiger charge is 2.40. The predicted molar refractivity (Wildman–Crippen MR) is 31.4 cm³/mol. The molecule has 0 atom stereocenters. The summed E-state index contributed by atoms with van der Waals surface area (Å²) in [6, 6.07) is 0. The van der Waals surface area contributed by atoms with Gasteiger partial charge in [-0.3, -0.25) is 4.79 Å².